The largest absolute Gasteiger partial charge is 0.461 e. The highest BCUT2D eigenvalue weighted by molar-refractivity contribution is 5.81. The van der Waals surface area contributed by atoms with Gasteiger partial charge < -0.3 is 9.64 Å². The van der Waals surface area contributed by atoms with E-state index in [2.05, 4.69) is 6.58 Å². The van der Waals surface area contributed by atoms with Crippen molar-refractivity contribution in [3.63, 3.8) is 0 Å². The molecular formula is C12H14N2O3. The lowest BCUT2D eigenvalue weighted by molar-refractivity contribution is -0.137. The molecule has 17 heavy (non-hydrogen) atoms. The number of carbonyl (C=O) groups excluding carboxylic acids is 2. The van der Waals surface area contributed by atoms with Crippen LogP contribution in [0.25, 0.3) is 0 Å². The number of likely N-dealkylation sites (N-methyl/N-ethyl adjacent to an activating group) is 1. The lowest BCUT2D eigenvalue weighted by Gasteiger charge is -2.12. The van der Waals surface area contributed by atoms with Crippen LogP contribution < -0.4 is 0 Å². The van der Waals surface area contributed by atoms with Gasteiger partial charge in [0.25, 0.3) is 0 Å². The Kier molecular flexibility index (Phi) is 7.69. The minimum Gasteiger partial charge on any atom is -0.461 e. The molecule has 5 nitrogen and oxygen atoms in total. The van der Waals surface area contributed by atoms with Crippen molar-refractivity contribution >= 4 is 12.3 Å². The summed E-state index contributed by atoms with van der Waals surface area (Å²) in [7, 11) is 1.78. The van der Waals surface area contributed by atoms with Crippen LogP contribution in [0, 0.1) is 11.3 Å². The van der Waals surface area contributed by atoms with E-state index in [1.165, 1.54) is 6.08 Å². The molecule has 0 fully saturated rings. The molecule has 90 valence electrons. The van der Waals surface area contributed by atoms with Gasteiger partial charge in [0.05, 0.1) is 12.1 Å². The molecule has 0 saturated carbocycles. The van der Waals surface area contributed by atoms with Gasteiger partial charge in [0.15, 0.2) is 6.29 Å². The quantitative estimate of drug-likeness (QED) is 0.214. The SMILES string of the molecule is C=CC(=O)OCCN(C)/C=C/C=C(\C#N)C=O. The highest BCUT2D eigenvalue weighted by Crippen LogP contribution is 1.91. The average Bonchev–Trinajstić information content (AvgIpc) is 2.34. The third kappa shape index (κ3) is 7.56. The molecule has 0 bridgehead atoms. The molecule has 0 aliphatic rings. The summed E-state index contributed by atoms with van der Waals surface area (Å²) in [6.07, 6.45) is 6.22. The Balaban J connectivity index is 3.98. The molecule has 0 N–H and O–H groups in total. The molecule has 0 spiro atoms. The number of carbonyl (C=O) groups is 2. The number of ether oxygens (including phenoxy) is 1. The van der Waals surface area contributed by atoms with Gasteiger partial charge in [-0.05, 0) is 18.4 Å². The molecular weight excluding hydrogens is 220 g/mol. The Morgan fingerprint density at radius 1 is 1.59 bits per heavy atom. The molecule has 5 heteroatoms. The first-order valence-electron chi connectivity index (χ1n) is 4.87. The normalized spacial score (nSPS) is 10.7. The van der Waals surface area contributed by atoms with Gasteiger partial charge in [-0.25, -0.2) is 4.79 Å². The van der Waals surface area contributed by atoms with Crippen molar-refractivity contribution in [2.45, 2.75) is 0 Å². The van der Waals surface area contributed by atoms with Gasteiger partial charge in [0, 0.05) is 13.1 Å². The van der Waals surface area contributed by atoms with E-state index in [0.717, 1.165) is 6.08 Å². The third-order valence-corrected chi connectivity index (χ3v) is 1.73. The van der Waals surface area contributed by atoms with Crippen LogP contribution in [0.15, 0.2) is 36.6 Å². The molecule has 0 unspecified atom stereocenters. The zero-order chi connectivity index (χ0) is 13.1. The predicted octanol–water partition coefficient (Wildman–Crippen LogP) is 0.810. The molecule has 0 aromatic heterocycles. The fraction of sp³-hybridized carbons (Fsp3) is 0.250. The topological polar surface area (TPSA) is 70.4 Å². The van der Waals surface area contributed by atoms with E-state index in [-0.39, 0.29) is 12.2 Å². The highest BCUT2D eigenvalue weighted by atomic mass is 16.5. The molecule has 0 aromatic carbocycles. The van der Waals surface area contributed by atoms with E-state index in [4.69, 9.17) is 10.00 Å². The number of allylic oxidation sites excluding steroid dienone is 3. The van der Waals surface area contributed by atoms with Gasteiger partial charge in [0.1, 0.15) is 12.7 Å². The van der Waals surface area contributed by atoms with Gasteiger partial charge in [-0.15, -0.1) is 0 Å². The van der Waals surface area contributed by atoms with E-state index in [9.17, 15) is 9.59 Å². The summed E-state index contributed by atoms with van der Waals surface area (Å²) in [6.45, 7) is 4.02. The minimum absolute atomic E-state index is 0.0488. The van der Waals surface area contributed by atoms with Crippen LogP contribution in [0.2, 0.25) is 0 Å². The first-order valence-corrected chi connectivity index (χ1v) is 4.87. The number of aldehydes is 1. The molecule has 0 radical (unpaired) electrons. The van der Waals surface area contributed by atoms with Crippen molar-refractivity contribution in [1.82, 2.24) is 4.90 Å². The van der Waals surface area contributed by atoms with E-state index in [0.29, 0.717) is 12.8 Å². The van der Waals surface area contributed by atoms with Crippen LogP contribution in [-0.4, -0.2) is 37.4 Å². The van der Waals surface area contributed by atoms with E-state index < -0.39 is 5.97 Å². The Labute approximate surface area is 100 Å². The second-order valence-electron chi connectivity index (χ2n) is 3.05. The molecule has 0 aliphatic carbocycles. The lowest BCUT2D eigenvalue weighted by Crippen LogP contribution is -2.18. The van der Waals surface area contributed by atoms with Crippen molar-refractivity contribution in [1.29, 1.82) is 5.26 Å². The minimum atomic E-state index is -0.463. The van der Waals surface area contributed by atoms with Gasteiger partial charge in [0.2, 0.25) is 0 Å². The molecule has 0 heterocycles. The summed E-state index contributed by atoms with van der Waals surface area (Å²) in [5.41, 5.74) is 0.0488. The number of nitriles is 1. The third-order valence-electron chi connectivity index (χ3n) is 1.73. The van der Waals surface area contributed by atoms with E-state index in [1.54, 1.807) is 30.3 Å². The second kappa shape index (κ2) is 8.92. The summed E-state index contributed by atoms with van der Waals surface area (Å²) in [6, 6.07) is 1.73. The predicted molar refractivity (Wildman–Crippen MR) is 62.7 cm³/mol. The molecule has 0 atom stereocenters. The molecule has 0 rings (SSSR count). The van der Waals surface area contributed by atoms with Gasteiger partial charge >= 0.3 is 5.97 Å². The van der Waals surface area contributed by atoms with Gasteiger partial charge in [-0.2, -0.15) is 5.26 Å². The Morgan fingerprint density at radius 2 is 2.29 bits per heavy atom. The Morgan fingerprint density at radius 3 is 2.82 bits per heavy atom. The second-order valence-corrected chi connectivity index (χ2v) is 3.05. The molecule has 0 aromatic rings. The first-order chi connectivity index (χ1) is 8.13. The van der Waals surface area contributed by atoms with E-state index >= 15 is 0 Å². The Hall–Kier alpha value is -2.35. The van der Waals surface area contributed by atoms with Gasteiger partial charge in [-0.1, -0.05) is 6.58 Å². The maximum Gasteiger partial charge on any atom is 0.330 e. The van der Waals surface area contributed by atoms with Crippen molar-refractivity contribution in [3.05, 3.63) is 36.6 Å². The monoisotopic (exact) mass is 234 g/mol. The Bertz CT molecular complexity index is 378. The fourth-order valence-electron chi connectivity index (χ4n) is 0.820. The average molecular weight is 234 g/mol. The number of esters is 1. The van der Waals surface area contributed by atoms with Crippen molar-refractivity contribution in [2.24, 2.45) is 0 Å². The smallest absolute Gasteiger partial charge is 0.330 e. The van der Waals surface area contributed by atoms with Crippen LogP contribution in [0.1, 0.15) is 0 Å². The summed E-state index contributed by atoms with van der Waals surface area (Å²) < 4.78 is 4.78. The summed E-state index contributed by atoms with van der Waals surface area (Å²) >= 11 is 0. The summed E-state index contributed by atoms with van der Waals surface area (Å²) in [5.74, 6) is -0.463. The standard InChI is InChI=1S/C12H14N2O3/c1-3-12(16)17-8-7-14(2)6-4-5-11(9-13)10-15/h3-6,10H,1,7-8H2,2H3/b6-4+,11-5+. The van der Waals surface area contributed by atoms with Crippen molar-refractivity contribution in [2.75, 3.05) is 20.2 Å². The lowest BCUT2D eigenvalue weighted by atomic mass is 10.3. The first kappa shape index (κ1) is 14.6. The number of hydrogen-bond donors (Lipinski definition) is 0. The van der Waals surface area contributed by atoms with Crippen LogP contribution >= 0.6 is 0 Å². The molecule has 0 aliphatic heterocycles. The number of hydrogen-bond acceptors (Lipinski definition) is 5. The van der Waals surface area contributed by atoms with Crippen molar-refractivity contribution in [3.8, 4) is 6.07 Å². The fourth-order valence-corrected chi connectivity index (χ4v) is 0.820. The van der Waals surface area contributed by atoms with Crippen molar-refractivity contribution < 1.29 is 14.3 Å². The van der Waals surface area contributed by atoms with Crippen LogP contribution in [-0.2, 0) is 14.3 Å². The number of rotatable bonds is 7. The number of nitrogens with zero attached hydrogens (tertiary/aromatic N) is 2. The maximum atomic E-state index is 10.7. The molecule has 0 amide bonds. The molecule has 0 saturated heterocycles. The van der Waals surface area contributed by atoms with Gasteiger partial charge in [-0.3, -0.25) is 4.79 Å². The highest BCUT2D eigenvalue weighted by Gasteiger charge is 1.96. The van der Waals surface area contributed by atoms with Crippen LogP contribution in [0.4, 0.5) is 0 Å². The zero-order valence-corrected chi connectivity index (χ0v) is 9.63. The van der Waals surface area contributed by atoms with E-state index in [1.807, 2.05) is 0 Å². The maximum absolute atomic E-state index is 10.7. The zero-order valence-electron chi connectivity index (χ0n) is 9.63. The summed E-state index contributed by atoms with van der Waals surface area (Å²) in [4.78, 5) is 22.8. The van der Waals surface area contributed by atoms with Crippen LogP contribution in [0.3, 0.4) is 0 Å². The van der Waals surface area contributed by atoms with Crippen LogP contribution in [0.5, 0.6) is 0 Å². The summed E-state index contributed by atoms with van der Waals surface area (Å²) in [5, 5.41) is 8.46.